The van der Waals surface area contributed by atoms with Crippen LogP contribution in [0.1, 0.15) is 31.7 Å². The Bertz CT molecular complexity index is 552. The van der Waals surface area contributed by atoms with E-state index in [4.69, 9.17) is 5.73 Å². The van der Waals surface area contributed by atoms with Crippen LogP contribution >= 0.6 is 11.8 Å². The maximum absolute atomic E-state index is 12.5. The zero-order valence-corrected chi connectivity index (χ0v) is 13.6. The Labute approximate surface area is 125 Å². The van der Waals surface area contributed by atoms with Crippen molar-refractivity contribution in [2.45, 2.75) is 49.3 Å². The smallest absolute Gasteiger partial charge is 0.240 e. The summed E-state index contributed by atoms with van der Waals surface area (Å²) in [5.41, 5.74) is 7.08. The molecule has 0 spiro atoms. The van der Waals surface area contributed by atoms with E-state index >= 15 is 0 Å². The summed E-state index contributed by atoms with van der Waals surface area (Å²) in [5.74, 6) is 1.01. The fourth-order valence-corrected chi connectivity index (χ4v) is 5.41. The van der Waals surface area contributed by atoms with Gasteiger partial charge in [-0.25, -0.2) is 13.1 Å². The predicted octanol–water partition coefficient (Wildman–Crippen LogP) is 2.53. The van der Waals surface area contributed by atoms with E-state index in [9.17, 15) is 8.42 Å². The zero-order chi connectivity index (χ0) is 14.8. The lowest BCUT2D eigenvalue weighted by Crippen LogP contribution is -2.38. The van der Waals surface area contributed by atoms with Gasteiger partial charge in [0.25, 0.3) is 0 Å². The summed E-state index contributed by atoms with van der Waals surface area (Å²) < 4.78 is 27.8. The van der Waals surface area contributed by atoms with E-state index in [0.29, 0.717) is 10.9 Å². The topological polar surface area (TPSA) is 72.2 Å². The van der Waals surface area contributed by atoms with Gasteiger partial charge in [0, 0.05) is 17.0 Å². The van der Waals surface area contributed by atoms with Gasteiger partial charge in [0.15, 0.2) is 0 Å². The van der Waals surface area contributed by atoms with Gasteiger partial charge < -0.3 is 5.73 Å². The average molecular weight is 314 g/mol. The molecule has 0 aliphatic heterocycles. The quantitative estimate of drug-likeness (QED) is 0.819. The highest BCUT2D eigenvalue weighted by molar-refractivity contribution is 8.00. The summed E-state index contributed by atoms with van der Waals surface area (Å²) >= 11 is 1.84. The Morgan fingerprint density at radius 2 is 2.10 bits per heavy atom. The first kappa shape index (κ1) is 15.7. The van der Waals surface area contributed by atoms with Crippen LogP contribution in [0.4, 0.5) is 5.69 Å². The molecule has 4 nitrogen and oxygen atoms in total. The molecule has 2 atom stereocenters. The van der Waals surface area contributed by atoms with Crippen molar-refractivity contribution in [3.05, 3.63) is 23.8 Å². The van der Waals surface area contributed by atoms with Crippen LogP contribution in [0.25, 0.3) is 0 Å². The van der Waals surface area contributed by atoms with Crippen LogP contribution in [0.2, 0.25) is 0 Å². The maximum Gasteiger partial charge on any atom is 0.240 e. The fraction of sp³-hybridized carbons (Fsp3) is 0.571. The molecule has 1 aromatic carbocycles. The van der Waals surface area contributed by atoms with Crippen LogP contribution in [-0.2, 0) is 10.0 Å². The maximum atomic E-state index is 12.5. The molecule has 3 N–H and O–H groups in total. The summed E-state index contributed by atoms with van der Waals surface area (Å²) in [6, 6.07) is 4.98. The highest BCUT2D eigenvalue weighted by Crippen LogP contribution is 2.31. The number of benzene rings is 1. The van der Waals surface area contributed by atoms with Crippen molar-refractivity contribution in [2.24, 2.45) is 0 Å². The average Bonchev–Trinajstić information content (AvgIpc) is 2.75. The molecule has 0 saturated heterocycles. The fourth-order valence-electron chi connectivity index (χ4n) is 2.67. The van der Waals surface area contributed by atoms with Crippen molar-refractivity contribution in [3.63, 3.8) is 0 Å². The molecule has 2 rings (SSSR count). The number of nitrogen functional groups attached to an aromatic ring is 1. The number of hydrogen-bond donors (Lipinski definition) is 2. The predicted molar refractivity (Wildman–Crippen MR) is 85.5 cm³/mol. The Kier molecular flexibility index (Phi) is 4.99. The van der Waals surface area contributed by atoms with Gasteiger partial charge in [-0.15, -0.1) is 0 Å². The summed E-state index contributed by atoms with van der Waals surface area (Å²) in [6.45, 7) is 3.95. The van der Waals surface area contributed by atoms with Gasteiger partial charge in [0.1, 0.15) is 0 Å². The second-order valence-corrected chi connectivity index (χ2v) is 8.46. The second kappa shape index (κ2) is 6.37. The van der Waals surface area contributed by atoms with Crippen LogP contribution in [0.15, 0.2) is 23.1 Å². The minimum absolute atomic E-state index is 0.0340. The van der Waals surface area contributed by atoms with Crippen LogP contribution in [0.3, 0.4) is 0 Å². The minimum Gasteiger partial charge on any atom is -0.399 e. The molecule has 112 valence electrons. The van der Waals surface area contributed by atoms with Crippen molar-refractivity contribution in [2.75, 3.05) is 11.5 Å². The Morgan fingerprint density at radius 3 is 2.75 bits per heavy atom. The first-order valence-corrected chi connectivity index (χ1v) is 9.46. The van der Waals surface area contributed by atoms with Gasteiger partial charge in [-0.1, -0.05) is 13.3 Å². The third-order valence-corrected chi connectivity index (χ3v) is 6.32. The third kappa shape index (κ3) is 3.68. The number of hydrogen-bond acceptors (Lipinski definition) is 4. The van der Waals surface area contributed by atoms with Gasteiger partial charge >= 0.3 is 0 Å². The lowest BCUT2D eigenvalue weighted by molar-refractivity contribution is 0.555. The Hall–Kier alpha value is -0.720. The molecule has 1 saturated carbocycles. The normalized spacial score (nSPS) is 23.1. The standard InChI is InChI=1S/C14H22N2O2S2/c1-3-19-14-6-4-5-13(14)16-20(17,18)12-8-10(2)7-11(15)9-12/h7-9,13-14,16H,3-6,15H2,1-2H3. The van der Waals surface area contributed by atoms with Crippen molar-refractivity contribution in [1.29, 1.82) is 0 Å². The van der Waals surface area contributed by atoms with E-state index in [-0.39, 0.29) is 10.9 Å². The monoisotopic (exact) mass is 314 g/mol. The van der Waals surface area contributed by atoms with Crippen LogP contribution in [0, 0.1) is 6.92 Å². The number of anilines is 1. The highest BCUT2D eigenvalue weighted by Gasteiger charge is 2.31. The molecule has 20 heavy (non-hydrogen) atoms. The first-order valence-electron chi connectivity index (χ1n) is 6.93. The zero-order valence-electron chi connectivity index (χ0n) is 11.9. The lowest BCUT2D eigenvalue weighted by atomic mass is 10.2. The summed E-state index contributed by atoms with van der Waals surface area (Å²) in [5, 5.41) is 0.386. The summed E-state index contributed by atoms with van der Waals surface area (Å²) in [7, 11) is -3.48. The van der Waals surface area contributed by atoms with E-state index in [1.807, 2.05) is 18.7 Å². The van der Waals surface area contributed by atoms with Crippen molar-refractivity contribution < 1.29 is 8.42 Å². The molecule has 0 heterocycles. The van der Waals surface area contributed by atoms with Gasteiger partial charge in [0.05, 0.1) is 4.90 Å². The van der Waals surface area contributed by atoms with Crippen LogP contribution < -0.4 is 10.5 Å². The molecule has 2 unspecified atom stereocenters. The highest BCUT2D eigenvalue weighted by atomic mass is 32.2. The molecule has 1 fully saturated rings. The minimum atomic E-state index is -3.48. The van der Waals surface area contributed by atoms with E-state index in [0.717, 1.165) is 30.6 Å². The SMILES string of the molecule is CCSC1CCCC1NS(=O)(=O)c1cc(C)cc(N)c1. The molecule has 1 aliphatic rings. The molecule has 0 radical (unpaired) electrons. The number of rotatable bonds is 5. The Balaban J connectivity index is 2.18. The summed E-state index contributed by atoms with van der Waals surface area (Å²) in [4.78, 5) is 0.266. The van der Waals surface area contributed by atoms with E-state index in [1.54, 1.807) is 12.1 Å². The molecule has 6 heteroatoms. The number of nitrogens with two attached hydrogens (primary N) is 1. The molecule has 0 bridgehead atoms. The molecule has 0 aromatic heterocycles. The number of thioether (sulfide) groups is 1. The molecule has 1 aliphatic carbocycles. The van der Waals surface area contributed by atoms with E-state index < -0.39 is 10.0 Å². The Morgan fingerprint density at radius 1 is 1.35 bits per heavy atom. The van der Waals surface area contributed by atoms with E-state index in [2.05, 4.69) is 11.6 Å². The molecular formula is C14H22N2O2S2. The van der Waals surface area contributed by atoms with Gasteiger partial charge in [-0.2, -0.15) is 11.8 Å². The van der Waals surface area contributed by atoms with Crippen LogP contribution in [0.5, 0.6) is 0 Å². The van der Waals surface area contributed by atoms with E-state index in [1.165, 1.54) is 6.07 Å². The summed E-state index contributed by atoms with van der Waals surface area (Å²) in [6.07, 6.45) is 3.08. The van der Waals surface area contributed by atoms with Gasteiger partial charge in [-0.3, -0.25) is 0 Å². The van der Waals surface area contributed by atoms with Crippen molar-refractivity contribution in [1.82, 2.24) is 4.72 Å². The third-order valence-electron chi connectivity index (χ3n) is 3.52. The van der Waals surface area contributed by atoms with Gasteiger partial charge in [0.2, 0.25) is 10.0 Å². The number of nitrogens with one attached hydrogen (secondary N) is 1. The first-order chi connectivity index (χ1) is 9.42. The molecule has 0 amide bonds. The number of aryl methyl sites for hydroxylation is 1. The molecular weight excluding hydrogens is 292 g/mol. The molecule has 1 aromatic rings. The van der Waals surface area contributed by atoms with Gasteiger partial charge in [-0.05, 0) is 49.3 Å². The lowest BCUT2D eigenvalue weighted by Gasteiger charge is -2.20. The van der Waals surface area contributed by atoms with Crippen molar-refractivity contribution in [3.8, 4) is 0 Å². The second-order valence-electron chi connectivity index (χ2n) is 5.23. The number of sulfonamides is 1. The van der Waals surface area contributed by atoms with Crippen molar-refractivity contribution >= 4 is 27.5 Å². The van der Waals surface area contributed by atoms with Crippen LogP contribution in [-0.4, -0.2) is 25.5 Å². The largest absolute Gasteiger partial charge is 0.399 e.